The van der Waals surface area contributed by atoms with Crippen LogP contribution in [0.1, 0.15) is 47.1 Å². The molecule has 2 N–H and O–H groups in total. The third-order valence-corrected chi connectivity index (χ3v) is 5.99. The average molecular weight is 399 g/mol. The Hall–Kier alpha value is -3.02. The molecule has 2 aromatic heterocycles. The summed E-state index contributed by atoms with van der Waals surface area (Å²) in [6.45, 7) is 1.61. The zero-order chi connectivity index (χ0) is 20.3. The van der Waals surface area contributed by atoms with Gasteiger partial charge >= 0.3 is 0 Å². The van der Waals surface area contributed by atoms with Crippen molar-refractivity contribution in [1.82, 2.24) is 19.9 Å². The van der Waals surface area contributed by atoms with Gasteiger partial charge in [0.25, 0.3) is 0 Å². The molecule has 0 aliphatic heterocycles. The molecule has 0 amide bonds. The van der Waals surface area contributed by atoms with Crippen molar-refractivity contribution < 1.29 is 5.11 Å². The van der Waals surface area contributed by atoms with Crippen molar-refractivity contribution >= 4 is 11.0 Å². The Morgan fingerprint density at radius 3 is 2.63 bits per heavy atom. The fourth-order valence-corrected chi connectivity index (χ4v) is 4.47. The first-order chi connectivity index (χ1) is 14.8. The second-order valence-electron chi connectivity index (χ2n) is 8.04. The number of aliphatic hydroxyl groups excluding tert-OH is 1. The molecule has 0 radical (unpaired) electrons. The molecule has 4 aromatic rings. The molecular formula is C25H26N4O. The van der Waals surface area contributed by atoms with Crippen LogP contribution in [0.15, 0.2) is 66.9 Å². The summed E-state index contributed by atoms with van der Waals surface area (Å²) in [6, 6.07) is 20.9. The molecule has 2 aromatic carbocycles. The number of benzene rings is 2. The van der Waals surface area contributed by atoms with Crippen molar-refractivity contribution in [3.8, 4) is 0 Å². The van der Waals surface area contributed by atoms with Gasteiger partial charge in [-0.25, -0.2) is 4.98 Å². The highest BCUT2D eigenvalue weighted by atomic mass is 16.3. The Labute approximate surface area is 176 Å². The number of nitrogens with one attached hydrogen (secondary N) is 1. The van der Waals surface area contributed by atoms with Crippen molar-refractivity contribution in [2.45, 2.75) is 45.0 Å². The van der Waals surface area contributed by atoms with Gasteiger partial charge in [0, 0.05) is 12.7 Å². The predicted molar refractivity (Wildman–Crippen MR) is 118 cm³/mol. The number of imidazole rings is 1. The van der Waals surface area contributed by atoms with Crippen molar-refractivity contribution in [2.24, 2.45) is 0 Å². The summed E-state index contributed by atoms with van der Waals surface area (Å²) in [6.07, 6.45) is 5.28. The minimum atomic E-state index is 0.0723. The van der Waals surface area contributed by atoms with Crippen LogP contribution < -0.4 is 0 Å². The van der Waals surface area contributed by atoms with E-state index in [0.29, 0.717) is 0 Å². The summed E-state index contributed by atoms with van der Waals surface area (Å²) in [5, 5.41) is 9.36. The Bertz CT molecular complexity index is 1100. The molecule has 0 fully saturated rings. The van der Waals surface area contributed by atoms with E-state index in [1.807, 2.05) is 42.6 Å². The van der Waals surface area contributed by atoms with E-state index >= 15 is 0 Å². The van der Waals surface area contributed by atoms with Crippen LogP contribution in [0.2, 0.25) is 0 Å². The molecule has 1 aliphatic rings. The van der Waals surface area contributed by atoms with Gasteiger partial charge in [-0.1, -0.05) is 42.5 Å². The highest BCUT2D eigenvalue weighted by molar-refractivity contribution is 5.74. The average Bonchev–Trinajstić information content (AvgIpc) is 3.21. The highest BCUT2D eigenvalue weighted by Gasteiger charge is 2.28. The molecule has 0 bridgehead atoms. The number of aromatic nitrogens is 3. The summed E-state index contributed by atoms with van der Waals surface area (Å²) in [4.78, 5) is 15.6. The van der Waals surface area contributed by atoms with E-state index in [2.05, 4.69) is 34.1 Å². The quantitative estimate of drug-likeness (QED) is 0.501. The second-order valence-corrected chi connectivity index (χ2v) is 8.04. The zero-order valence-corrected chi connectivity index (χ0v) is 17.0. The van der Waals surface area contributed by atoms with Crippen LogP contribution in [-0.4, -0.2) is 25.0 Å². The molecule has 30 heavy (non-hydrogen) atoms. The first kappa shape index (κ1) is 19.0. The summed E-state index contributed by atoms with van der Waals surface area (Å²) in [7, 11) is 0. The van der Waals surface area contributed by atoms with Crippen molar-refractivity contribution in [3.63, 3.8) is 0 Å². The number of H-pyrrole nitrogens is 1. The van der Waals surface area contributed by atoms with Crippen molar-refractivity contribution in [2.75, 3.05) is 0 Å². The number of nitrogens with zero attached hydrogens (tertiary/aromatic N) is 3. The topological polar surface area (TPSA) is 65.0 Å². The molecule has 5 rings (SSSR count). The van der Waals surface area contributed by atoms with Crippen LogP contribution >= 0.6 is 0 Å². The third-order valence-electron chi connectivity index (χ3n) is 5.99. The number of aromatic amines is 1. The highest BCUT2D eigenvalue weighted by Crippen LogP contribution is 2.34. The molecule has 2 heterocycles. The Morgan fingerprint density at radius 2 is 1.80 bits per heavy atom. The number of hydrogen-bond donors (Lipinski definition) is 2. The standard InChI is InChI=1S/C25H26N4O/c30-17-19-12-10-18(11-13-19)15-29(16-24-27-21-7-1-2-8-22(21)28-24)23-9-3-5-20-6-4-14-26-25(20)23/h1-2,4,6-8,10-14,23,30H,3,5,9,15-17H2,(H,27,28). The lowest BCUT2D eigenvalue weighted by atomic mass is 9.90. The van der Waals surface area contributed by atoms with Crippen LogP contribution in [0.25, 0.3) is 11.0 Å². The fourth-order valence-electron chi connectivity index (χ4n) is 4.47. The first-order valence-corrected chi connectivity index (χ1v) is 10.6. The van der Waals surface area contributed by atoms with E-state index in [4.69, 9.17) is 9.97 Å². The third kappa shape index (κ3) is 3.86. The van der Waals surface area contributed by atoms with E-state index in [-0.39, 0.29) is 12.6 Å². The number of aryl methyl sites for hydroxylation is 1. The number of aliphatic hydroxyl groups is 1. The molecule has 152 valence electrons. The molecule has 1 atom stereocenters. The molecule has 1 aliphatic carbocycles. The molecule has 5 nitrogen and oxygen atoms in total. The lowest BCUT2D eigenvalue weighted by Gasteiger charge is -2.34. The van der Waals surface area contributed by atoms with Gasteiger partial charge in [-0.15, -0.1) is 0 Å². The number of fused-ring (bicyclic) bond motifs is 2. The van der Waals surface area contributed by atoms with E-state index in [1.54, 1.807) is 0 Å². The van der Waals surface area contributed by atoms with Crippen molar-refractivity contribution in [1.29, 1.82) is 0 Å². The largest absolute Gasteiger partial charge is 0.392 e. The number of hydrogen-bond acceptors (Lipinski definition) is 4. The summed E-state index contributed by atoms with van der Waals surface area (Å²) in [5.74, 6) is 0.978. The van der Waals surface area contributed by atoms with Gasteiger partial charge in [0.15, 0.2) is 0 Å². The van der Waals surface area contributed by atoms with E-state index in [9.17, 15) is 5.11 Å². The molecule has 0 saturated carbocycles. The van der Waals surface area contributed by atoms with Gasteiger partial charge in [0.2, 0.25) is 0 Å². The van der Waals surface area contributed by atoms with E-state index < -0.39 is 0 Å². The van der Waals surface area contributed by atoms with Crippen molar-refractivity contribution in [3.05, 3.63) is 95.1 Å². The molecule has 5 heteroatoms. The maximum absolute atomic E-state index is 9.36. The Balaban J connectivity index is 1.48. The smallest absolute Gasteiger partial charge is 0.121 e. The van der Waals surface area contributed by atoms with Gasteiger partial charge in [-0.3, -0.25) is 9.88 Å². The Morgan fingerprint density at radius 1 is 0.967 bits per heavy atom. The van der Waals surface area contributed by atoms with Gasteiger partial charge in [-0.2, -0.15) is 0 Å². The summed E-state index contributed by atoms with van der Waals surface area (Å²) >= 11 is 0. The SMILES string of the molecule is OCc1ccc(CN(Cc2nc3ccccc3[nH]2)C2CCCc3cccnc32)cc1. The lowest BCUT2D eigenvalue weighted by molar-refractivity contribution is 0.153. The van der Waals surface area contributed by atoms with Crippen LogP contribution in [0.5, 0.6) is 0 Å². The summed E-state index contributed by atoms with van der Waals surface area (Å²) in [5.41, 5.74) is 6.80. The molecular weight excluding hydrogens is 372 g/mol. The van der Waals surface area contributed by atoms with Crippen LogP contribution in [0, 0.1) is 0 Å². The molecule has 1 unspecified atom stereocenters. The number of pyridine rings is 1. The lowest BCUT2D eigenvalue weighted by Crippen LogP contribution is -2.31. The zero-order valence-electron chi connectivity index (χ0n) is 17.0. The normalized spacial score (nSPS) is 16.1. The van der Waals surface area contributed by atoms with Gasteiger partial charge < -0.3 is 10.1 Å². The van der Waals surface area contributed by atoms with E-state index in [1.165, 1.54) is 23.2 Å². The maximum Gasteiger partial charge on any atom is 0.121 e. The Kier molecular flexibility index (Phi) is 5.30. The van der Waals surface area contributed by atoms with Gasteiger partial charge in [0.05, 0.1) is 35.9 Å². The van der Waals surface area contributed by atoms with Gasteiger partial charge in [-0.05, 0) is 54.2 Å². The number of rotatable bonds is 6. The van der Waals surface area contributed by atoms with Crippen LogP contribution in [0.4, 0.5) is 0 Å². The van der Waals surface area contributed by atoms with Gasteiger partial charge in [0.1, 0.15) is 5.82 Å². The van der Waals surface area contributed by atoms with Crippen LogP contribution in [-0.2, 0) is 26.1 Å². The first-order valence-electron chi connectivity index (χ1n) is 10.6. The van der Waals surface area contributed by atoms with Crippen LogP contribution in [0.3, 0.4) is 0 Å². The monoisotopic (exact) mass is 398 g/mol. The summed E-state index contributed by atoms with van der Waals surface area (Å²) < 4.78 is 0. The number of para-hydroxylation sites is 2. The predicted octanol–water partition coefficient (Wildman–Crippen LogP) is 4.53. The maximum atomic E-state index is 9.36. The fraction of sp³-hybridized carbons (Fsp3) is 0.280. The molecule has 0 saturated heterocycles. The molecule has 0 spiro atoms. The second kappa shape index (κ2) is 8.38. The minimum Gasteiger partial charge on any atom is -0.392 e. The van der Waals surface area contributed by atoms with E-state index in [0.717, 1.165) is 48.4 Å². The minimum absolute atomic E-state index is 0.0723.